The van der Waals surface area contributed by atoms with E-state index in [0.29, 0.717) is 9.99 Å². The van der Waals surface area contributed by atoms with Crippen LogP contribution in [0.1, 0.15) is 6.42 Å². The topological polar surface area (TPSA) is 130 Å². The van der Waals surface area contributed by atoms with Crippen LogP contribution in [0, 0.1) is 0 Å². The van der Waals surface area contributed by atoms with Crippen LogP contribution in [-0.2, 0) is 15.1 Å². The summed E-state index contributed by atoms with van der Waals surface area (Å²) in [5.74, 6) is -1.02. The maximum absolute atomic E-state index is 12.1. The summed E-state index contributed by atoms with van der Waals surface area (Å²) in [6, 6.07) is 3.27. The molecule has 2 fully saturated rings. The van der Waals surface area contributed by atoms with Gasteiger partial charge in [-0.1, -0.05) is 12.1 Å². The third-order valence-corrected chi connectivity index (χ3v) is 4.70. The van der Waals surface area contributed by atoms with Crippen molar-refractivity contribution in [2.75, 3.05) is 11.9 Å². The zero-order valence-corrected chi connectivity index (χ0v) is 15.0. The Labute approximate surface area is 154 Å². The predicted octanol–water partition coefficient (Wildman–Crippen LogP) is -3.62. The molecular weight excluding hydrogens is 337 g/mol. The summed E-state index contributed by atoms with van der Waals surface area (Å²) in [7, 11) is -4.59. The first-order valence-electron chi connectivity index (χ1n) is 6.44. The van der Waals surface area contributed by atoms with Crippen LogP contribution >= 0.6 is 0 Å². The van der Waals surface area contributed by atoms with Crippen LogP contribution in [-0.4, -0.2) is 52.7 Å². The molecule has 0 radical (unpaired) electrons. The number of urea groups is 1. The Morgan fingerprint density at radius 3 is 2.48 bits per heavy atom. The van der Waals surface area contributed by atoms with Gasteiger partial charge < -0.3 is 15.3 Å². The molecule has 0 unspecified atom stereocenters. The van der Waals surface area contributed by atoms with Crippen molar-refractivity contribution in [1.82, 2.24) is 9.21 Å². The van der Waals surface area contributed by atoms with Crippen LogP contribution < -0.4 is 40.0 Å². The van der Waals surface area contributed by atoms with Crippen molar-refractivity contribution >= 4 is 27.9 Å². The molecule has 2 aliphatic rings. The van der Waals surface area contributed by atoms with Crippen molar-refractivity contribution in [2.24, 2.45) is 0 Å². The number of carbonyl (C=O) groups excluding carboxylic acids is 2. The molecule has 1 aromatic rings. The standard InChI is InChI=1S/C12H13N3O6S.Na/c16-8-3-1-7(2-4-8)13-12(18)14-6-5-9-10(14)11(17)15(9)22(19,20)21;/h1-4,9-10,16H,5-6H2,(H,13,18)(H,19,20,21);/q;+1/p-1/t9-,10+;/m1./s1. The Morgan fingerprint density at radius 2 is 1.91 bits per heavy atom. The van der Waals surface area contributed by atoms with Crippen molar-refractivity contribution in [2.45, 2.75) is 18.5 Å². The Kier molecular flexibility index (Phi) is 4.92. The van der Waals surface area contributed by atoms with Gasteiger partial charge in [0.2, 0.25) is 0 Å². The van der Waals surface area contributed by atoms with Gasteiger partial charge in [0.1, 0.15) is 6.04 Å². The smallest absolute Gasteiger partial charge is 0.872 e. The molecule has 0 aromatic heterocycles. The summed E-state index contributed by atoms with van der Waals surface area (Å²) in [4.78, 5) is 25.2. The van der Waals surface area contributed by atoms with Crippen molar-refractivity contribution < 1.29 is 57.2 Å². The molecule has 0 aliphatic carbocycles. The molecule has 11 heteroatoms. The van der Waals surface area contributed by atoms with E-state index in [1.807, 2.05) is 0 Å². The molecule has 3 amide bonds. The fourth-order valence-electron chi connectivity index (χ4n) is 2.78. The summed E-state index contributed by atoms with van der Waals surface area (Å²) in [6.07, 6.45) is 0.267. The van der Waals surface area contributed by atoms with E-state index in [-0.39, 0.29) is 48.3 Å². The number of likely N-dealkylation sites (tertiary alicyclic amines) is 1. The van der Waals surface area contributed by atoms with E-state index in [4.69, 9.17) is 4.55 Å². The van der Waals surface area contributed by atoms with E-state index in [2.05, 4.69) is 5.32 Å². The minimum Gasteiger partial charge on any atom is -0.872 e. The summed E-state index contributed by atoms with van der Waals surface area (Å²) in [5.41, 5.74) is 0.395. The number of rotatable bonds is 2. The number of carbonyl (C=O) groups is 2. The average Bonchev–Trinajstić information content (AvgIpc) is 2.78. The van der Waals surface area contributed by atoms with Gasteiger partial charge in [-0.15, -0.1) is 5.75 Å². The molecule has 2 N–H and O–H groups in total. The molecule has 2 atom stereocenters. The zero-order chi connectivity index (χ0) is 16.1. The van der Waals surface area contributed by atoms with Gasteiger partial charge >= 0.3 is 45.9 Å². The fraction of sp³-hybridized carbons (Fsp3) is 0.333. The second kappa shape index (κ2) is 6.29. The zero-order valence-electron chi connectivity index (χ0n) is 12.2. The van der Waals surface area contributed by atoms with Gasteiger partial charge in [-0.3, -0.25) is 9.35 Å². The Balaban J connectivity index is 0.00000192. The molecule has 1 aromatic carbocycles. The number of amides is 3. The first-order valence-corrected chi connectivity index (χ1v) is 7.84. The predicted molar refractivity (Wildman–Crippen MR) is 72.2 cm³/mol. The summed E-state index contributed by atoms with van der Waals surface area (Å²) in [5, 5.41) is 13.5. The van der Waals surface area contributed by atoms with Gasteiger partial charge in [0.05, 0.1) is 6.04 Å². The van der Waals surface area contributed by atoms with Crippen molar-refractivity contribution in [1.29, 1.82) is 0 Å². The molecule has 0 bridgehead atoms. The van der Waals surface area contributed by atoms with E-state index >= 15 is 0 Å². The van der Waals surface area contributed by atoms with E-state index in [0.717, 1.165) is 0 Å². The van der Waals surface area contributed by atoms with Gasteiger partial charge in [0.25, 0.3) is 5.91 Å². The van der Waals surface area contributed by atoms with Gasteiger partial charge in [0, 0.05) is 12.2 Å². The third-order valence-electron chi connectivity index (χ3n) is 3.75. The molecular formula is C12H12N3NaO6S. The number of hydrogen-bond acceptors (Lipinski definition) is 5. The SMILES string of the molecule is O=C(Nc1ccc([O-])cc1)N1CC[C@@H]2[C@H]1C(=O)N2S(=O)(=O)O.[Na+]. The van der Waals surface area contributed by atoms with Gasteiger partial charge in [-0.25, -0.2) is 9.10 Å². The Morgan fingerprint density at radius 1 is 1.30 bits per heavy atom. The monoisotopic (exact) mass is 349 g/mol. The molecule has 118 valence electrons. The van der Waals surface area contributed by atoms with E-state index in [1.165, 1.54) is 29.2 Å². The molecule has 2 saturated heterocycles. The number of benzene rings is 1. The molecule has 3 rings (SSSR count). The normalized spacial score (nSPS) is 22.9. The number of β-lactam (4-membered cyclic amide) rings is 1. The van der Waals surface area contributed by atoms with E-state index in [1.54, 1.807) is 0 Å². The van der Waals surface area contributed by atoms with Crippen LogP contribution in [0.4, 0.5) is 10.5 Å². The summed E-state index contributed by atoms with van der Waals surface area (Å²) in [6.45, 7) is 0.193. The molecule has 0 spiro atoms. The molecule has 0 saturated carbocycles. The maximum atomic E-state index is 12.1. The van der Waals surface area contributed by atoms with E-state index < -0.39 is 34.3 Å². The van der Waals surface area contributed by atoms with Gasteiger partial charge in [-0.05, 0) is 18.6 Å². The van der Waals surface area contributed by atoms with Gasteiger partial charge in [-0.2, -0.15) is 8.42 Å². The molecule has 9 nitrogen and oxygen atoms in total. The maximum Gasteiger partial charge on any atom is 1.00 e. The minimum absolute atomic E-state index is 0. The van der Waals surface area contributed by atoms with Crippen LogP contribution in [0.15, 0.2) is 24.3 Å². The van der Waals surface area contributed by atoms with E-state index in [9.17, 15) is 23.1 Å². The van der Waals surface area contributed by atoms with Crippen molar-refractivity contribution in [3.63, 3.8) is 0 Å². The number of hydrogen-bond donors (Lipinski definition) is 2. The molecule has 23 heavy (non-hydrogen) atoms. The first kappa shape index (κ1) is 18.0. The fourth-order valence-corrected chi connectivity index (χ4v) is 3.68. The average molecular weight is 349 g/mol. The van der Waals surface area contributed by atoms with Crippen molar-refractivity contribution in [3.05, 3.63) is 24.3 Å². The molecule has 2 heterocycles. The molecule has 2 aliphatic heterocycles. The second-order valence-corrected chi connectivity index (χ2v) is 6.35. The van der Waals surface area contributed by atoms with Crippen LogP contribution in [0.5, 0.6) is 5.75 Å². The Hall–Kier alpha value is -1.33. The van der Waals surface area contributed by atoms with Gasteiger partial charge in [0.15, 0.2) is 0 Å². The summed E-state index contributed by atoms with van der Waals surface area (Å²) >= 11 is 0. The van der Waals surface area contributed by atoms with Crippen LogP contribution in [0.2, 0.25) is 0 Å². The number of fused-ring (bicyclic) bond motifs is 1. The van der Waals surface area contributed by atoms with Crippen LogP contribution in [0.3, 0.4) is 0 Å². The largest absolute Gasteiger partial charge is 1.00 e. The minimum atomic E-state index is -4.59. The number of nitrogens with one attached hydrogen (secondary N) is 1. The quantitative estimate of drug-likeness (QED) is 0.322. The third kappa shape index (κ3) is 3.17. The second-order valence-electron chi connectivity index (χ2n) is 5.06. The number of nitrogens with zero attached hydrogens (tertiary/aromatic N) is 2. The summed E-state index contributed by atoms with van der Waals surface area (Å²) < 4.78 is 31.5. The van der Waals surface area contributed by atoms with Crippen molar-refractivity contribution in [3.8, 4) is 5.75 Å². The van der Waals surface area contributed by atoms with Crippen LogP contribution in [0.25, 0.3) is 0 Å². The first-order chi connectivity index (χ1) is 10.3. The Bertz CT molecular complexity index is 738. The number of anilines is 1.